The van der Waals surface area contributed by atoms with Crippen LogP contribution in [0.1, 0.15) is 44.9 Å². The molecule has 0 aromatic heterocycles. The minimum atomic E-state index is 0.345. The summed E-state index contributed by atoms with van der Waals surface area (Å²) in [4.78, 5) is 13.7. The number of nitrogens with two attached hydrogens (primary N) is 1. The number of nitrogens with zero attached hydrogens (tertiary/aromatic N) is 1. The highest BCUT2D eigenvalue weighted by molar-refractivity contribution is 9.09. The van der Waals surface area contributed by atoms with Gasteiger partial charge in [-0.25, -0.2) is 0 Å². The quantitative estimate of drug-likeness (QED) is 0.525. The second-order valence-electron chi connectivity index (χ2n) is 4.97. The number of hydrogen-bond acceptors (Lipinski definition) is 2. The summed E-state index contributed by atoms with van der Waals surface area (Å²) in [5.74, 6) is 0.879. The van der Waals surface area contributed by atoms with E-state index in [0.717, 1.165) is 44.2 Å². The topological polar surface area (TPSA) is 46.3 Å². The zero-order valence-electron chi connectivity index (χ0n) is 10.7. The lowest BCUT2D eigenvalue weighted by atomic mass is 10.1. The van der Waals surface area contributed by atoms with E-state index in [0.29, 0.717) is 11.8 Å². The maximum Gasteiger partial charge on any atom is 0.222 e. The number of hydrogen-bond donors (Lipinski definition) is 1. The number of carbonyl (C=O) groups is 1. The molecular formula is C13H25BrN2O. The Hall–Kier alpha value is -0.0900. The predicted molar refractivity (Wildman–Crippen MR) is 75.2 cm³/mol. The van der Waals surface area contributed by atoms with Crippen LogP contribution in [0.4, 0.5) is 0 Å². The van der Waals surface area contributed by atoms with Crippen LogP contribution in [-0.2, 0) is 4.79 Å². The zero-order valence-corrected chi connectivity index (χ0v) is 12.3. The van der Waals surface area contributed by atoms with Crippen molar-refractivity contribution in [1.29, 1.82) is 0 Å². The number of halogens is 1. The van der Waals surface area contributed by atoms with Gasteiger partial charge in [0.15, 0.2) is 0 Å². The van der Waals surface area contributed by atoms with E-state index >= 15 is 0 Å². The largest absolute Gasteiger partial charge is 0.342 e. The van der Waals surface area contributed by atoms with E-state index in [1.807, 2.05) is 4.90 Å². The molecule has 4 heteroatoms. The van der Waals surface area contributed by atoms with E-state index in [2.05, 4.69) is 15.9 Å². The lowest BCUT2D eigenvalue weighted by molar-refractivity contribution is -0.127. The maximum atomic E-state index is 11.6. The third kappa shape index (κ3) is 5.87. The van der Waals surface area contributed by atoms with Gasteiger partial charge in [0.05, 0.1) is 0 Å². The summed E-state index contributed by atoms with van der Waals surface area (Å²) in [6.07, 6.45) is 8.11. The zero-order chi connectivity index (χ0) is 12.5. The molecule has 2 N–H and O–H groups in total. The molecule has 0 radical (unpaired) electrons. The number of carbonyl (C=O) groups excluding carboxylic acids is 1. The fourth-order valence-electron chi connectivity index (χ4n) is 2.33. The number of likely N-dealkylation sites (tertiary alicyclic amines) is 1. The summed E-state index contributed by atoms with van der Waals surface area (Å²) in [6, 6.07) is 0. The Balaban J connectivity index is 1.98. The maximum absolute atomic E-state index is 11.6. The molecule has 0 saturated carbocycles. The molecule has 1 amide bonds. The van der Waals surface area contributed by atoms with Gasteiger partial charge in [0.1, 0.15) is 0 Å². The number of rotatable bonds is 9. The molecular weight excluding hydrogens is 280 g/mol. The summed E-state index contributed by atoms with van der Waals surface area (Å²) in [6.45, 7) is 2.73. The van der Waals surface area contributed by atoms with Crippen molar-refractivity contribution in [2.45, 2.75) is 44.9 Å². The van der Waals surface area contributed by atoms with E-state index in [1.54, 1.807) is 0 Å². The molecule has 1 heterocycles. The lowest BCUT2D eigenvalue weighted by Gasteiger charge is -2.15. The van der Waals surface area contributed by atoms with Gasteiger partial charge in [0.25, 0.3) is 0 Å². The molecule has 1 saturated heterocycles. The van der Waals surface area contributed by atoms with E-state index in [9.17, 15) is 4.79 Å². The normalized spacial score (nSPS) is 20.2. The van der Waals surface area contributed by atoms with Crippen LogP contribution >= 0.6 is 15.9 Å². The van der Waals surface area contributed by atoms with Crippen molar-refractivity contribution in [1.82, 2.24) is 4.90 Å². The summed E-state index contributed by atoms with van der Waals surface area (Å²) in [7, 11) is 0. The molecule has 100 valence electrons. The van der Waals surface area contributed by atoms with Gasteiger partial charge >= 0.3 is 0 Å². The summed E-state index contributed by atoms with van der Waals surface area (Å²) in [5.41, 5.74) is 5.45. The fraction of sp³-hybridized carbons (Fsp3) is 0.923. The average Bonchev–Trinajstić information content (AvgIpc) is 2.69. The standard InChI is InChI=1S/C13H25BrN2O/c14-10-12-9-13(17)16(11-12)8-6-4-2-1-3-5-7-15/h12H,1-11,15H2. The Morgan fingerprint density at radius 2 is 1.82 bits per heavy atom. The molecule has 0 aromatic carbocycles. The molecule has 1 rings (SSSR count). The number of alkyl halides is 1. The first kappa shape index (κ1) is 15.0. The average molecular weight is 305 g/mol. The van der Waals surface area contributed by atoms with Crippen molar-refractivity contribution in [2.75, 3.05) is 25.0 Å². The Morgan fingerprint density at radius 3 is 2.41 bits per heavy atom. The molecule has 0 bridgehead atoms. The molecule has 1 aliphatic heterocycles. The second kappa shape index (κ2) is 8.92. The molecule has 0 aromatic rings. The molecule has 0 spiro atoms. The van der Waals surface area contributed by atoms with Crippen molar-refractivity contribution in [3.05, 3.63) is 0 Å². The van der Waals surface area contributed by atoms with Crippen molar-refractivity contribution < 1.29 is 4.79 Å². The first-order valence-electron chi connectivity index (χ1n) is 6.81. The summed E-state index contributed by atoms with van der Waals surface area (Å²) in [5, 5.41) is 0.953. The highest BCUT2D eigenvalue weighted by atomic mass is 79.9. The SMILES string of the molecule is NCCCCCCCCN1CC(CBr)CC1=O. The summed E-state index contributed by atoms with van der Waals surface area (Å²) < 4.78 is 0. The van der Waals surface area contributed by atoms with E-state index in [4.69, 9.17) is 5.73 Å². The predicted octanol–water partition coefficient (Wildman–Crippen LogP) is 2.53. The third-order valence-corrected chi connectivity index (χ3v) is 4.31. The smallest absolute Gasteiger partial charge is 0.222 e. The molecule has 3 nitrogen and oxygen atoms in total. The monoisotopic (exact) mass is 304 g/mol. The van der Waals surface area contributed by atoms with Crippen LogP contribution in [-0.4, -0.2) is 35.8 Å². The van der Waals surface area contributed by atoms with Crippen molar-refractivity contribution >= 4 is 21.8 Å². The Bertz CT molecular complexity index is 223. The molecule has 1 aliphatic rings. The number of unbranched alkanes of at least 4 members (excludes halogenated alkanes) is 5. The molecule has 1 atom stereocenters. The Labute approximate surface area is 113 Å². The first-order chi connectivity index (χ1) is 8.27. The molecule has 1 unspecified atom stereocenters. The van der Waals surface area contributed by atoms with Crippen molar-refractivity contribution in [2.24, 2.45) is 11.7 Å². The van der Waals surface area contributed by atoms with Crippen molar-refractivity contribution in [3.63, 3.8) is 0 Å². The Morgan fingerprint density at radius 1 is 1.18 bits per heavy atom. The van der Waals surface area contributed by atoms with E-state index in [-0.39, 0.29) is 0 Å². The van der Waals surface area contributed by atoms with Crippen LogP contribution in [0.3, 0.4) is 0 Å². The van der Waals surface area contributed by atoms with E-state index < -0.39 is 0 Å². The first-order valence-corrected chi connectivity index (χ1v) is 7.94. The van der Waals surface area contributed by atoms with Gasteiger partial charge in [0.2, 0.25) is 5.91 Å². The van der Waals surface area contributed by atoms with Gasteiger partial charge in [-0.2, -0.15) is 0 Å². The minimum absolute atomic E-state index is 0.345. The molecule has 1 fully saturated rings. The third-order valence-electron chi connectivity index (χ3n) is 3.39. The van der Waals surface area contributed by atoms with Crippen LogP contribution in [0.15, 0.2) is 0 Å². The molecule has 17 heavy (non-hydrogen) atoms. The highest BCUT2D eigenvalue weighted by Crippen LogP contribution is 2.20. The fourth-order valence-corrected chi connectivity index (χ4v) is 2.76. The van der Waals surface area contributed by atoms with E-state index in [1.165, 1.54) is 25.7 Å². The van der Waals surface area contributed by atoms with Gasteiger partial charge in [-0.15, -0.1) is 0 Å². The highest BCUT2D eigenvalue weighted by Gasteiger charge is 2.27. The Kier molecular flexibility index (Phi) is 7.86. The van der Waals surface area contributed by atoms with Gasteiger partial charge in [-0.3, -0.25) is 4.79 Å². The van der Waals surface area contributed by atoms with Gasteiger partial charge in [0, 0.05) is 24.8 Å². The minimum Gasteiger partial charge on any atom is -0.342 e. The van der Waals surface area contributed by atoms with Crippen LogP contribution in [0, 0.1) is 5.92 Å². The summed E-state index contributed by atoms with van der Waals surface area (Å²) >= 11 is 3.46. The van der Waals surface area contributed by atoms with Crippen LogP contribution in [0.2, 0.25) is 0 Å². The second-order valence-corrected chi connectivity index (χ2v) is 5.62. The van der Waals surface area contributed by atoms with Crippen molar-refractivity contribution in [3.8, 4) is 0 Å². The number of amides is 1. The van der Waals surface area contributed by atoms with Crippen LogP contribution in [0.25, 0.3) is 0 Å². The molecule has 0 aliphatic carbocycles. The van der Waals surface area contributed by atoms with Crippen LogP contribution < -0.4 is 5.73 Å². The van der Waals surface area contributed by atoms with Gasteiger partial charge in [-0.05, 0) is 25.3 Å². The van der Waals surface area contributed by atoms with Gasteiger partial charge < -0.3 is 10.6 Å². The van der Waals surface area contributed by atoms with Gasteiger partial charge in [-0.1, -0.05) is 41.6 Å². The lowest BCUT2D eigenvalue weighted by Crippen LogP contribution is -2.26. The van der Waals surface area contributed by atoms with Crippen LogP contribution in [0.5, 0.6) is 0 Å².